The third kappa shape index (κ3) is 3.32. The Hall–Kier alpha value is -1.10. The summed E-state index contributed by atoms with van der Waals surface area (Å²) in [6, 6.07) is -0.569. The predicted octanol–water partition coefficient (Wildman–Crippen LogP) is 2.05. The molecule has 0 bridgehead atoms. The Morgan fingerprint density at radius 1 is 1.25 bits per heavy atom. The average Bonchev–Trinajstić information content (AvgIpc) is 2.74. The molecule has 2 fully saturated rings. The van der Waals surface area contributed by atoms with Crippen LogP contribution in [0.15, 0.2) is 0 Å². The van der Waals surface area contributed by atoms with Crippen LogP contribution in [0.2, 0.25) is 0 Å². The number of nitrogens with zero attached hydrogens (tertiary/aromatic N) is 1. The molecule has 3 atom stereocenters. The van der Waals surface area contributed by atoms with E-state index < -0.39 is 12.0 Å². The van der Waals surface area contributed by atoms with E-state index >= 15 is 0 Å². The maximum absolute atomic E-state index is 12.4. The number of ether oxygens (including phenoxy) is 1. The van der Waals surface area contributed by atoms with Gasteiger partial charge in [0, 0.05) is 6.04 Å². The van der Waals surface area contributed by atoms with E-state index in [1.807, 2.05) is 20.8 Å². The highest BCUT2D eigenvalue weighted by Gasteiger charge is 2.47. The van der Waals surface area contributed by atoms with Crippen LogP contribution < -0.4 is 0 Å². The van der Waals surface area contributed by atoms with Crippen molar-refractivity contribution >= 4 is 11.9 Å². The number of likely N-dealkylation sites (tertiary alicyclic amines) is 1. The lowest BCUT2D eigenvalue weighted by atomic mass is 9.85. The topological polar surface area (TPSA) is 66.8 Å². The highest BCUT2D eigenvalue weighted by molar-refractivity contribution is 5.85. The van der Waals surface area contributed by atoms with Gasteiger partial charge in [-0.15, -0.1) is 0 Å². The highest BCUT2D eigenvalue weighted by Crippen LogP contribution is 2.39. The van der Waals surface area contributed by atoms with E-state index in [-0.39, 0.29) is 24.2 Å². The Labute approximate surface area is 120 Å². The molecule has 0 aromatic carbocycles. The Balaban J connectivity index is 2.08. The Kier molecular flexibility index (Phi) is 4.37. The molecule has 2 rings (SSSR count). The number of aliphatic carboxylic acids is 1. The van der Waals surface area contributed by atoms with Gasteiger partial charge in [-0.25, -0.2) is 4.79 Å². The number of hydrogen-bond acceptors (Lipinski definition) is 3. The van der Waals surface area contributed by atoms with E-state index in [9.17, 15) is 14.7 Å². The van der Waals surface area contributed by atoms with Gasteiger partial charge in [0.25, 0.3) is 0 Å². The number of fused-ring (bicyclic) bond motifs is 1. The predicted molar refractivity (Wildman–Crippen MR) is 74.3 cm³/mol. The zero-order chi connectivity index (χ0) is 14.9. The number of carbonyl (C=O) groups is 2. The third-order valence-corrected chi connectivity index (χ3v) is 4.29. The first-order valence-electron chi connectivity index (χ1n) is 7.47. The van der Waals surface area contributed by atoms with Gasteiger partial charge in [-0.05, 0) is 46.0 Å². The van der Waals surface area contributed by atoms with Gasteiger partial charge in [-0.3, -0.25) is 4.79 Å². The first-order valence-corrected chi connectivity index (χ1v) is 7.47. The minimum Gasteiger partial charge on any atom is -0.480 e. The maximum Gasteiger partial charge on any atom is 0.326 e. The molecule has 3 unspecified atom stereocenters. The van der Waals surface area contributed by atoms with Crippen molar-refractivity contribution in [1.29, 1.82) is 0 Å². The molecule has 1 aliphatic heterocycles. The fraction of sp³-hybridized carbons (Fsp3) is 0.867. The first kappa shape index (κ1) is 15.3. The number of carboxylic acids is 1. The van der Waals surface area contributed by atoms with Crippen LogP contribution in [0.1, 0.15) is 52.9 Å². The van der Waals surface area contributed by atoms with Crippen LogP contribution in [0.4, 0.5) is 0 Å². The molecule has 20 heavy (non-hydrogen) atoms. The summed E-state index contributed by atoms with van der Waals surface area (Å²) in [5.74, 6) is -0.714. The van der Waals surface area contributed by atoms with Gasteiger partial charge < -0.3 is 14.7 Å². The van der Waals surface area contributed by atoms with Crippen LogP contribution in [0.3, 0.4) is 0 Å². The van der Waals surface area contributed by atoms with E-state index in [4.69, 9.17) is 4.74 Å². The lowest BCUT2D eigenvalue weighted by molar-refractivity contribution is -0.154. The number of hydrogen-bond donors (Lipinski definition) is 1. The summed E-state index contributed by atoms with van der Waals surface area (Å²) in [5.41, 5.74) is -0.389. The number of amides is 1. The Bertz CT molecular complexity index is 388. The lowest BCUT2D eigenvalue weighted by Crippen LogP contribution is -2.48. The summed E-state index contributed by atoms with van der Waals surface area (Å²) in [7, 11) is 0. The normalized spacial score (nSPS) is 30.1. The summed E-state index contributed by atoms with van der Waals surface area (Å²) in [5, 5.41) is 9.37. The minimum atomic E-state index is -0.886. The molecule has 0 aromatic rings. The molecule has 1 aliphatic carbocycles. The molecule has 2 aliphatic rings. The molecule has 1 heterocycles. The molecular weight excluding hydrogens is 258 g/mol. The molecular formula is C15H25NO4. The molecule has 1 amide bonds. The summed E-state index contributed by atoms with van der Waals surface area (Å²) in [6.45, 7) is 5.64. The SMILES string of the molecule is CC(C)(C)OCC(=O)N1C(C(=O)O)CC2CCCCC21. The van der Waals surface area contributed by atoms with Gasteiger partial charge in [-0.2, -0.15) is 0 Å². The second kappa shape index (κ2) is 5.72. The molecule has 0 aromatic heterocycles. The quantitative estimate of drug-likeness (QED) is 0.860. The van der Waals surface area contributed by atoms with E-state index in [1.165, 1.54) is 0 Å². The van der Waals surface area contributed by atoms with Crippen LogP contribution >= 0.6 is 0 Å². The molecule has 1 saturated carbocycles. The van der Waals surface area contributed by atoms with Crippen molar-refractivity contribution in [1.82, 2.24) is 4.90 Å². The Morgan fingerprint density at radius 3 is 2.50 bits per heavy atom. The lowest BCUT2D eigenvalue weighted by Gasteiger charge is -2.33. The number of rotatable bonds is 3. The molecule has 1 N–H and O–H groups in total. The number of carbonyl (C=O) groups excluding carboxylic acids is 1. The first-order chi connectivity index (χ1) is 9.29. The van der Waals surface area contributed by atoms with E-state index in [0.29, 0.717) is 12.3 Å². The number of carboxylic acid groups (broad SMARTS) is 1. The van der Waals surface area contributed by atoms with Crippen molar-refractivity contribution in [3.8, 4) is 0 Å². The molecule has 1 saturated heterocycles. The van der Waals surface area contributed by atoms with Crippen LogP contribution in [0.5, 0.6) is 0 Å². The van der Waals surface area contributed by atoms with E-state index in [0.717, 1.165) is 25.7 Å². The van der Waals surface area contributed by atoms with Crippen LogP contribution in [-0.4, -0.2) is 46.2 Å². The van der Waals surface area contributed by atoms with Gasteiger partial charge in [0.15, 0.2) is 0 Å². The van der Waals surface area contributed by atoms with E-state index in [1.54, 1.807) is 4.90 Å². The standard InChI is InChI=1S/C15H25NO4/c1-15(2,3)20-9-13(17)16-11-7-5-4-6-10(11)8-12(16)14(18)19/h10-12H,4-9H2,1-3H3,(H,18,19). The van der Waals surface area contributed by atoms with Gasteiger partial charge in [0.05, 0.1) is 5.60 Å². The van der Waals surface area contributed by atoms with Crippen LogP contribution in [-0.2, 0) is 14.3 Å². The summed E-state index contributed by atoms with van der Waals surface area (Å²) >= 11 is 0. The zero-order valence-electron chi connectivity index (χ0n) is 12.6. The maximum atomic E-state index is 12.4. The zero-order valence-corrected chi connectivity index (χ0v) is 12.6. The molecule has 0 radical (unpaired) electrons. The van der Waals surface area contributed by atoms with Crippen molar-refractivity contribution in [2.75, 3.05) is 6.61 Å². The second-order valence-corrected chi connectivity index (χ2v) is 6.90. The van der Waals surface area contributed by atoms with Crippen molar-refractivity contribution in [2.45, 2.75) is 70.6 Å². The van der Waals surface area contributed by atoms with Crippen LogP contribution in [0.25, 0.3) is 0 Å². The van der Waals surface area contributed by atoms with Crippen LogP contribution in [0, 0.1) is 5.92 Å². The third-order valence-electron chi connectivity index (χ3n) is 4.29. The fourth-order valence-electron chi connectivity index (χ4n) is 3.39. The monoisotopic (exact) mass is 283 g/mol. The summed E-state index contributed by atoms with van der Waals surface area (Å²) in [6.07, 6.45) is 4.79. The fourth-order valence-corrected chi connectivity index (χ4v) is 3.39. The van der Waals surface area contributed by atoms with Crippen molar-refractivity contribution in [3.63, 3.8) is 0 Å². The average molecular weight is 283 g/mol. The molecule has 5 nitrogen and oxygen atoms in total. The van der Waals surface area contributed by atoms with Gasteiger partial charge in [0.2, 0.25) is 5.91 Å². The second-order valence-electron chi connectivity index (χ2n) is 6.90. The van der Waals surface area contributed by atoms with Gasteiger partial charge >= 0.3 is 5.97 Å². The summed E-state index contributed by atoms with van der Waals surface area (Å²) in [4.78, 5) is 25.4. The summed E-state index contributed by atoms with van der Waals surface area (Å²) < 4.78 is 5.53. The largest absolute Gasteiger partial charge is 0.480 e. The minimum absolute atomic E-state index is 0.0312. The van der Waals surface area contributed by atoms with Crippen molar-refractivity contribution in [3.05, 3.63) is 0 Å². The smallest absolute Gasteiger partial charge is 0.326 e. The van der Waals surface area contributed by atoms with Crippen molar-refractivity contribution < 1.29 is 19.4 Å². The molecule has 0 spiro atoms. The van der Waals surface area contributed by atoms with Crippen molar-refractivity contribution in [2.24, 2.45) is 5.92 Å². The van der Waals surface area contributed by atoms with Gasteiger partial charge in [0.1, 0.15) is 12.6 Å². The Morgan fingerprint density at radius 2 is 1.90 bits per heavy atom. The molecule has 5 heteroatoms. The van der Waals surface area contributed by atoms with Gasteiger partial charge in [-0.1, -0.05) is 12.8 Å². The highest BCUT2D eigenvalue weighted by atomic mass is 16.5. The molecule has 114 valence electrons. The van der Waals surface area contributed by atoms with E-state index in [2.05, 4.69) is 0 Å².